The summed E-state index contributed by atoms with van der Waals surface area (Å²) in [6.07, 6.45) is 13.1. The summed E-state index contributed by atoms with van der Waals surface area (Å²) in [6.45, 7) is 15.6. The van der Waals surface area contributed by atoms with Crippen molar-refractivity contribution in [2.75, 3.05) is 0 Å². The summed E-state index contributed by atoms with van der Waals surface area (Å²) < 4.78 is 0. The molecule has 6 heteroatoms. The molecule has 0 atom stereocenters. The molecule has 0 bridgehead atoms. The number of fused-ring (bicyclic) bond motifs is 1. The maximum absolute atomic E-state index is 11.1. The van der Waals surface area contributed by atoms with Gasteiger partial charge in [0.15, 0.2) is 0 Å². The first-order valence-corrected chi connectivity index (χ1v) is 14.1. The fraction of sp³-hybridized carbons (Fsp3) is 0.688. The van der Waals surface area contributed by atoms with Gasteiger partial charge in [0.05, 0.1) is 5.91 Å². The number of carbonyl (C=O) groups is 1. The van der Waals surface area contributed by atoms with E-state index in [2.05, 4.69) is 45.9 Å². The van der Waals surface area contributed by atoms with E-state index in [4.69, 9.17) is 15.9 Å². The van der Waals surface area contributed by atoms with Crippen molar-refractivity contribution in [2.45, 2.75) is 138 Å². The van der Waals surface area contributed by atoms with Crippen LogP contribution in [0.2, 0.25) is 0 Å². The number of carbonyl (C=O) groups excluding carboxylic acids is 1. The molecule has 0 aliphatic heterocycles. The van der Waals surface area contributed by atoms with Gasteiger partial charge in [0.1, 0.15) is 0 Å². The number of aliphatic hydroxyl groups is 2. The van der Waals surface area contributed by atoms with Crippen LogP contribution in [0.4, 0.5) is 0 Å². The van der Waals surface area contributed by atoms with Gasteiger partial charge in [-0.25, -0.2) is 0 Å². The molecule has 214 valence electrons. The van der Waals surface area contributed by atoms with Gasteiger partial charge < -0.3 is 20.7 Å². The van der Waals surface area contributed by atoms with Gasteiger partial charge in [-0.15, -0.1) is 28.5 Å². The van der Waals surface area contributed by atoms with Crippen LogP contribution in [0.5, 0.6) is 0 Å². The van der Waals surface area contributed by atoms with Crippen LogP contribution in [0, 0.1) is 33.6 Å². The van der Waals surface area contributed by atoms with Crippen molar-refractivity contribution in [3.05, 3.63) is 46.2 Å². The Kier molecular flexibility index (Phi) is 26.3. The summed E-state index contributed by atoms with van der Waals surface area (Å²) >= 11 is 0. The van der Waals surface area contributed by atoms with E-state index in [-0.39, 0.29) is 56.7 Å². The summed E-state index contributed by atoms with van der Waals surface area (Å²) in [7, 11) is 0. The average molecular weight is 578 g/mol. The van der Waals surface area contributed by atoms with Crippen molar-refractivity contribution in [1.29, 1.82) is 0 Å². The minimum absolute atomic E-state index is 0. The van der Waals surface area contributed by atoms with E-state index in [1.165, 1.54) is 78.0 Å². The van der Waals surface area contributed by atoms with Gasteiger partial charge in [-0.3, -0.25) is 0 Å². The summed E-state index contributed by atoms with van der Waals surface area (Å²) in [4.78, 5) is 11.1. The fourth-order valence-corrected chi connectivity index (χ4v) is 4.59. The second kappa shape index (κ2) is 24.0. The van der Waals surface area contributed by atoms with Gasteiger partial charge in [0.25, 0.3) is 0 Å². The summed E-state index contributed by atoms with van der Waals surface area (Å²) in [5, 5.41) is 19.0. The predicted octanol–water partition coefficient (Wildman–Crippen LogP) is 8.67. The van der Waals surface area contributed by atoms with Crippen molar-refractivity contribution in [3.8, 4) is 0 Å². The molecule has 0 heterocycles. The Morgan fingerprint density at radius 1 is 0.816 bits per heavy atom. The van der Waals surface area contributed by atoms with E-state index in [0.29, 0.717) is 0 Å². The van der Waals surface area contributed by atoms with Crippen LogP contribution in [-0.2, 0) is 26.5 Å². The van der Waals surface area contributed by atoms with Crippen LogP contribution in [0.3, 0.4) is 0 Å². The number of aliphatic hydroxyl groups excluding tert-OH is 2. The van der Waals surface area contributed by atoms with Crippen LogP contribution < -0.4 is 0 Å². The maximum atomic E-state index is 11.1. The molecule has 4 nitrogen and oxygen atoms in total. The molecule has 38 heavy (non-hydrogen) atoms. The monoisotopic (exact) mass is 577 g/mol. The van der Waals surface area contributed by atoms with Crippen molar-refractivity contribution in [2.24, 2.45) is 5.92 Å². The summed E-state index contributed by atoms with van der Waals surface area (Å²) in [6, 6.07) is 6.81. The number of benzene rings is 1. The number of aryl methyl sites for hydroxylation is 4. The molecule has 1 amide bonds. The third-order valence-corrected chi connectivity index (χ3v) is 6.32. The van der Waals surface area contributed by atoms with Crippen molar-refractivity contribution >= 4 is 27.6 Å². The first kappa shape index (κ1) is 41.6. The Hall–Kier alpha value is -0.849. The second-order valence-electron chi connectivity index (χ2n) is 11.0. The average Bonchev–Trinajstić information content (AvgIpc) is 3.01. The van der Waals surface area contributed by atoms with Gasteiger partial charge >= 0.3 is 21.7 Å². The van der Waals surface area contributed by atoms with Crippen LogP contribution in [0.15, 0.2) is 18.2 Å². The molecular formula is C32H55NO3SiTi. The van der Waals surface area contributed by atoms with Gasteiger partial charge in [0.2, 0.25) is 0 Å². The number of hydrogen-bond acceptors (Lipinski definition) is 3. The number of nitrogens with one attached hydrogen (secondary N) is 1. The standard InChI is InChI=1S/C13H25NO.C13H15.2C3H8O.Si.Ti/c14-13(15)12-10-8-6-4-2-1-3-5-7-9-11-12;1-8-5-10(3)13-11(4)9(2)7-12(13)6-8;2*1-3(2)4;;/h12H,1-11H2,(H2,14,15);5-7H,1-4H3;2*3-4H,1-2H3;;/q;-1;;;;+2/p-1. The van der Waals surface area contributed by atoms with Crippen LogP contribution in [-0.4, -0.2) is 39.3 Å². The zero-order valence-corrected chi connectivity index (χ0v) is 28.1. The number of amides is 1. The minimum atomic E-state index is -0.327. The smallest absolute Gasteiger partial charge is 0.668 e. The molecule has 3 N–H and O–H groups in total. The van der Waals surface area contributed by atoms with E-state index in [0.717, 1.165) is 25.7 Å². The minimum Gasteiger partial charge on any atom is -0.668 e. The molecule has 1 aliphatic carbocycles. The van der Waals surface area contributed by atoms with Crippen LogP contribution >= 0.6 is 0 Å². The zero-order valence-electron chi connectivity index (χ0n) is 25.5. The molecule has 1 aliphatic rings. The molecule has 1 saturated carbocycles. The SMILES string of the molecule is CC(C)O.CC(C)O.Cc1cc(C)c2c(C)c(C)[cH-]c2c1.[NH-]C(=O)C1CCCCCCCCCCC1.[Si].[Ti+2]. The second-order valence-corrected chi connectivity index (χ2v) is 11.0. The Balaban J connectivity index is -0.000000486. The van der Waals surface area contributed by atoms with E-state index in [1.54, 1.807) is 27.7 Å². The zero-order chi connectivity index (χ0) is 27.7. The molecule has 0 saturated heterocycles. The summed E-state index contributed by atoms with van der Waals surface area (Å²) in [5.41, 5.74) is 12.8. The quantitative estimate of drug-likeness (QED) is 0.263. The fourth-order valence-electron chi connectivity index (χ4n) is 4.59. The maximum Gasteiger partial charge on any atom is 2.00 e. The molecule has 2 aromatic rings. The van der Waals surface area contributed by atoms with Crippen molar-refractivity contribution in [3.63, 3.8) is 0 Å². The normalized spacial score (nSPS) is 14.6. The Morgan fingerprint density at radius 3 is 1.55 bits per heavy atom. The van der Waals surface area contributed by atoms with Gasteiger partial charge in [-0.1, -0.05) is 88.8 Å². The molecule has 0 spiro atoms. The predicted molar refractivity (Wildman–Crippen MR) is 163 cm³/mol. The van der Waals surface area contributed by atoms with Gasteiger partial charge in [-0.2, -0.15) is 5.56 Å². The topological polar surface area (TPSA) is 81.3 Å². The number of hydrogen-bond donors (Lipinski definition) is 2. The number of rotatable bonds is 1. The first-order chi connectivity index (χ1) is 16.9. The summed E-state index contributed by atoms with van der Waals surface area (Å²) in [5.74, 6) is -0.281. The molecule has 4 radical (unpaired) electrons. The van der Waals surface area contributed by atoms with E-state index < -0.39 is 0 Å². The Morgan fingerprint density at radius 2 is 1.18 bits per heavy atom. The van der Waals surface area contributed by atoms with Crippen molar-refractivity contribution in [1.82, 2.24) is 0 Å². The molecule has 0 unspecified atom stereocenters. The molecular weight excluding hydrogens is 522 g/mol. The molecule has 2 aromatic carbocycles. The van der Waals surface area contributed by atoms with Crippen LogP contribution in [0.25, 0.3) is 16.5 Å². The Bertz CT molecular complexity index is 840. The van der Waals surface area contributed by atoms with Gasteiger partial charge in [-0.05, 0) is 54.4 Å². The van der Waals surface area contributed by atoms with Crippen LogP contribution in [0.1, 0.15) is 121 Å². The third kappa shape index (κ3) is 20.1. The van der Waals surface area contributed by atoms with Gasteiger partial charge in [0, 0.05) is 29.1 Å². The largest absolute Gasteiger partial charge is 2.00 e. The van der Waals surface area contributed by atoms with E-state index in [1.807, 2.05) is 0 Å². The molecule has 1 fully saturated rings. The molecule has 0 aromatic heterocycles. The van der Waals surface area contributed by atoms with E-state index in [9.17, 15) is 4.79 Å². The third-order valence-electron chi connectivity index (χ3n) is 6.32. The first-order valence-electron chi connectivity index (χ1n) is 14.1. The van der Waals surface area contributed by atoms with Crippen molar-refractivity contribution < 1.29 is 36.7 Å². The van der Waals surface area contributed by atoms with E-state index >= 15 is 0 Å². The molecule has 3 rings (SSSR count). The Labute approximate surface area is 253 Å².